The fraction of sp³-hybridized carbons (Fsp3) is 0.458. The van der Waals surface area contributed by atoms with Crippen LogP contribution in [-0.2, 0) is 27.8 Å². The van der Waals surface area contributed by atoms with E-state index in [4.69, 9.17) is 4.74 Å². The van der Waals surface area contributed by atoms with Crippen molar-refractivity contribution < 1.29 is 22.3 Å². The van der Waals surface area contributed by atoms with E-state index in [0.717, 1.165) is 24.8 Å². The van der Waals surface area contributed by atoms with Crippen molar-refractivity contribution in [2.45, 2.75) is 51.6 Å². The Morgan fingerprint density at radius 3 is 2.39 bits per heavy atom. The first-order valence-electron chi connectivity index (χ1n) is 11.1. The molecule has 0 heterocycles. The lowest BCUT2D eigenvalue weighted by Gasteiger charge is -2.43. The van der Waals surface area contributed by atoms with E-state index in [-0.39, 0.29) is 36.2 Å². The molecule has 2 bridgehead atoms. The zero-order chi connectivity index (χ0) is 23.8. The van der Waals surface area contributed by atoms with Gasteiger partial charge in [0.15, 0.2) is 6.61 Å². The molecule has 0 aliphatic heterocycles. The molecule has 2 aromatic carbocycles. The van der Waals surface area contributed by atoms with Gasteiger partial charge in [0.2, 0.25) is 0 Å². The molecule has 178 valence electrons. The molecule has 9 heteroatoms. The van der Waals surface area contributed by atoms with Gasteiger partial charge in [-0.1, -0.05) is 6.07 Å². The zero-order valence-corrected chi connectivity index (χ0v) is 19.8. The van der Waals surface area contributed by atoms with Crippen LogP contribution in [0.3, 0.4) is 0 Å². The Hall–Kier alpha value is -2.49. The van der Waals surface area contributed by atoms with Gasteiger partial charge in [-0.25, -0.2) is 4.39 Å². The molecule has 1 fully saturated rings. The minimum Gasteiger partial charge on any atom is -0.484 e. The van der Waals surface area contributed by atoms with Crippen LogP contribution in [0.2, 0.25) is 0 Å². The van der Waals surface area contributed by atoms with E-state index in [1.807, 2.05) is 39.0 Å². The summed E-state index contributed by atoms with van der Waals surface area (Å²) in [5.41, 5.74) is 2.45. The molecule has 0 radical (unpaired) electrons. The number of ether oxygens (including phenoxy) is 1. The number of anilines is 1. The standard InChI is InChI=1S/C24H30FN3O4S/c1-24(2,3)28-33(30,31)27-23-17-10-15-4-7-20(13-16(15)11-18(23)12-17)26-22(29)14-32-21-8-5-19(25)6-9-21/h4-9,13,17-18,23,27-28H,10-12,14H2,1-3H3,(H,26,29). The number of carbonyl (C=O) groups excluding carboxylic acids is 1. The molecule has 3 aliphatic carbocycles. The summed E-state index contributed by atoms with van der Waals surface area (Å²) in [5.74, 6) is 0.229. The molecular formula is C24H30FN3O4S. The highest BCUT2D eigenvalue weighted by Crippen LogP contribution is 2.43. The van der Waals surface area contributed by atoms with Crippen molar-refractivity contribution in [3.63, 3.8) is 0 Å². The molecule has 1 saturated carbocycles. The first-order valence-corrected chi connectivity index (χ1v) is 12.6. The summed E-state index contributed by atoms with van der Waals surface area (Å²) in [6, 6.07) is 11.2. The highest BCUT2D eigenvalue weighted by molar-refractivity contribution is 7.87. The van der Waals surface area contributed by atoms with Gasteiger partial charge in [0.25, 0.3) is 16.1 Å². The number of nitrogens with one attached hydrogen (secondary N) is 3. The van der Waals surface area contributed by atoms with E-state index in [2.05, 4.69) is 14.8 Å². The third-order valence-electron chi connectivity index (χ3n) is 5.99. The molecular weight excluding hydrogens is 445 g/mol. The van der Waals surface area contributed by atoms with Crippen LogP contribution in [0.4, 0.5) is 10.1 Å². The molecule has 2 aromatic rings. The van der Waals surface area contributed by atoms with Crippen molar-refractivity contribution >= 4 is 21.8 Å². The van der Waals surface area contributed by atoms with E-state index in [0.29, 0.717) is 11.4 Å². The zero-order valence-electron chi connectivity index (χ0n) is 19.0. The maximum absolute atomic E-state index is 13.0. The Morgan fingerprint density at radius 2 is 1.73 bits per heavy atom. The van der Waals surface area contributed by atoms with Crippen molar-refractivity contribution in [1.29, 1.82) is 0 Å². The second kappa shape index (κ2) is 9.04. The van der Waals surface area contributed by atoms with Crippen LogP contribution >= 0.6 is 0 Å². The van der Waals surface area contributed by atoms with Gasteiger partial charge in [0, 0.05) is 17.3 Å². The Kier molecular flexibility index (Phi) is 6.48. The number of halogens is 1. The summed E-state index contributed by atoms with van der Waals surface area (Å²) in [7, 11) is -3.59. The Bertz CT molecular complexity index is 1130. The maximum atomic E-state index is 13.0. The Labute approximate surface area is 194 Å². The highest BCUT2D eigenvalue weighted by atomic mass is 32.2. The van der Waals surface area contributed by atoms with Gasteiger partial charge >= 0.3 is 0 Å². The molecule has 3 aliphatic rings. The van der Waals surface area contributed by atoms with Gasteiger partial charge in [0.1, 0.15) is 11.6 Å². The summed E-state index contributed by atoms with van der Waals surface area (Å²) in [6.07, 6.45) is 2.53. The van der Waals surface area contributed by atoms with Crippen molar-refractivity contribution in [3.8, 4) is 5.75 Å². The summed E-state index contributed by atoms with van der Waals surface area (Å²) in [6.45, 7) is 5.27. The maximum Gasteiger partial charge on any atom is 0.277 e. The first-order chi connectivity index (χ1) is 15.5. The molecule has 7 nitrogen and oxygen atoms in total. The molecule has 5 rings (SSSR count). The Balaban J connectivity index is 1.36. The second-order valence-corrected chi connectivity index (χ2v) is 11.4. The number of hydrogen-bond acceptors (Lipinski definition) is 4. The quantitative estimate of drug-likeness (QED) is 0.573. The first kappa shape index (κ1) is 23.7. The van der Waals surface area contributed by atoms with E-state index < -0.39 is 15.7 Å². The second-order valence-electron chi connectivity index (χ2n) is 9.94. The van der Waals surface area contributed by atoms with E-state index in [1.165, 1.54) is 29.8 Å². The lowest BCUT2D eigenvalue weighted by Crippen LogP contribution is -2.58. The minimum atomic E-state index is -3.59. The largest absolute Gasteiger partial charge is 0.484 e. The third kappa shape index (κ3) is 6.10. The van der Waals surface area contributed by atoms with Crippen molar-refractivity contribution in [2.75, 3.05) is 11.9 Å². The van der Waals surface area contributed by atoms with Gasteiger partial charge in [-0.3, -0.25) is 4.79 Å². The molecule has 1 amide bonds. The number of benzene rings is 2. The van der Waals surface area contributed by atoms with Gasteiger partial charge in [-0.15, -0.1) is 0 Å². The third-order valence-corrected chi connectivity index (χ3v) is 7.45. The minimum absolute atomic E-state index is 0.0978. The number of carbonyl (C=O) groups is 1. The van der Waals surface area contributed by atoms with Crippen LogP contribution in [0.1, 0.15) is 38.3 Å². The fourth-order valence-electron chi connectivity index (χ4n) is 4.63. The lowest BCUT2D eigenvalue weighted by atomic mass is 9.69. The van der Waals surface area contributed by atoms with E-state index in [9.17, 15) is 17.6 Å². The average molecular weight is 476 g/mol. The molecule has 33 heavy (non-hydrogen) atoms. The average Bonchev–Trinajstić information content (AvgIpc) is 2.98. The van der Waals surface area contributed by atoms with Gasteiger partial charge in [-0.2, -0.15) is 17.9 Å². The molecule has 3 unspecified atom stereocenters. The van der Waals surface area contributed by atoms with E-state index in [1.54, 1.807) is 0 Å². The predicted molar refractivity (Wildman–Crippen MR) is 125 cm³/mol. The van der Waals surface area contributed by atoms with E-state index >= 15 is 0 Å². The summed E-state index contributed by atoms with van der Waals surface area (Å²) < 4.78 is 48.9. The monoisotopic (exact) mass is 475 g/mol. The van der Waals surface area contributed by atoms with Crippen molar-refractivity contribution in [2.24, 2.45) is 11.8 Å². The molecule has 3 N–H and O–H groups in total. The summed E-state index contributed by atoms with van der Waals surface area (Å²) in [4.78, 5) is 12.3. The smallest absolute Gasteiger partial charge is 0.277 e. The Morgan fingerprint density at radius 1 is 1.06 bits per heavy atom. The van der Waals surface area contributed by atoms with Gasteiger partial charge < -0.3 is 10.1 Å². The number of rotatable bonds is 7. The summed E-state index contributed by atoms with van der Waals surface area (Å²) >= 11 is 0. The number of hydrogen-bond donors (Lipinski definition) is 3. The van der Waals surface area contributed by atoms with Crippen LogP contribution in [0.5, 0.6) is 5.75 Å². The fourth-order valence-corrected chi connectivity index (χ4v) is 6.24. The molecule has 0 saturated heterocycles. The van der Waals surface area contributed by atoms with Crippen LogP contribution in [0.25, 0.3) is 0 Å². The molecule has 0 aromatic heterocycles. The normalized spacial score (nSPS) is 22.0. The van der Waals surface area contributed by atoms with Crippen molar-refractivity contribution in [3.05, 3.63) is 59.4 Å². The highest BCUT2D eigenvalue weighted by Gasteiger charge is 2.45. The van der Waals surface area contributed by atoms with Gasteiger partial charge in [-0.05, 0) is 99.4 Å². The van der Waals surface area contributed by atoms with Crippen LogP contribution in [0.15, 0.2) is 42.5 Å². The van der Waals surface area contributed by atoms with Crippen LogP contribution in [0, 0.1) is 17.7 Å². The lowest BCUT2D eigenvalue weighted by molar-refractivity contribution is -0.118. The predicted octanol–water partition coefficient (Wildman–Crippen LogP) is 3.17. The number of amides is 1. The van der Waals surface area contributed by atoms with Crippen LogP contribution in [-0.4, -0.2) is 32.5 Å². The molecule has 3 atom stereocenters. The topological polar surface area (TPSA) is 96.5 Å². The summed E-state index contributed by atoms with van der Waals surface area (Å²) in [5, 5.41) is 2.84. The van der Waals surface area contributed by atoms with Crippen LogP contribution < -0.4 is 19.5 Å². The SMILES string of the molecule is CC(C)(C)NS(=O)(=O)NC1C2Cc3ccc(NC(=O)COc4ccc(F)cc4)cc3CC1C2. The molecule has 0 spiro atoms. The van der Waals surface area contributed by atoms with Crippen molar-refractivity contribution in [1.82, 2.24) is 9.44 Å². The van der Waals surface area contributed by atoms with Gasteiger partial charge in [0.05, 0.1) is 0 Å².